The van der Waals surface area contributed by atoms with Crippen LogP contribution in [0.25, 0.3) is 0 Å². The van der Waals surface area contributed by atoms with Gasteiger partial charge in [0.05, 0.1) is 5.69 Å². The van der Waals surface area contributed by atoms with E-state index >= 15 is 0 Å². The number of hydrogen-bond acceptors (Lipinski definition) is 2. The lowest BCUT2D eigenvalue weighted by Gasteiger charge is -2.38. The first-order valence-corrected chi connectivity index (χ1v) is 8.00. The molecule has 3 nitrogen and oxygen atoms in total. The molecule has 1 aliphatic rings. The van der Waals surface area contributed by atoms with Gasteiger partial charge in [-0.15, -0.1) is 0 Å². The van der Waals surface area contributed by atoms with Gasteiger partial charge in [0.25, 0.3) is 0 Å². The minimum atomic E-state index is 0.0776. The molecule has 3 rings (SSSR count). The minimum absolute atomic E-state index is 0.0776. The monoisotopic (exact) mass is 283 g/mol. The maximum atomic E-state index is 6.27. The van der Waals surface area contributed by atoms with Gasteiger partial charge in [-0.2, -0.15) is 5.10 Å². The molecule has 1 aromatic heterocycles. The molecule has 0 spiro atoms. The van der Waals surface area contributed by atoms with Crippen molar-refractivity contribution in [3.05, 3.63) is 52.8 Å². The molecule has 0 saturated heterocycles. The minimum Gasteiger partial charge on any atom is -0.330 e. The summed E-state index contributed by atoms with van der Waals surface area (Å²) in [5.41, 5.74) is 11.7. The van der Waals surface area contributed by atoms with Crippen molar-refractivity contribution < 1.29 is 0 Å². The lowest BCUT2D eigenvalue weighted by atomic mass is 9.67. The molecule has 1 atom stereocenters. The highest BCUT2D eigenvalue weighted by Gasteiger charge is 2.36. The SMILES string of the molecule is CCn1nc(C)cc1CC1(CN)CCCc2ccccc21. The fourth-order valence-electron chi connectivity index (χ4n) is 3.84. The Morgan fingerprint density at radius 1 is 1.33 bits per heavy atom. The van der Waals surface area contributed by atoms with E-state index in [0.717, 1.165) is 18.7 Å². The highest BCUT2D eigenvalue weighted by atomic mass is 15.3. The first kappa shape index (κ1) is 14.3. The molecule has 3 heteroatoms. The van der Waals surface area contributed by atoms with E-state index in [1.807, 2.05) is 0 Å². The molecule has 112 valence electrons. The quantitative estimate of drug-likeness (QED) is 0.937. The van der Waals surface area contributed by atoms with E-state index in [1.54, 1.807) is 0 Å². The summed E-state index contributed by atoms with van der Waals surface area (Å²) in [6, 6.07) is 11.1. The van der Waals surface area contributed by atoms with Gasteiger partial charge in [-0.25, -0.2) is 0 Å². The molecule has 0 amide bonds. The second kappa shape index (κ2) is 5.64. The summed E-state index contributed by atoms with van der Waals surface area (Å²) >= 11 is 0. The summed E-state index contributed by atoms with van der Waals surface area (Å²) in [6.07, 6.45) is 4.58. The van der Waals surface area contributed by atoms with Crippen molar-refractivity contribution in [2.45, 2.75) is 51.5 Å². The molecule has 0 radical (unpaired) electrons. The Morgan fingerprint density at radius 2 is 2.14 bits per heavy atom. The number of fused-ring (bicyclic) bond motifs is 1. The third-order valence-corrected chi connectivity index (χ3v) is 4.89. The highest BCUT2D eigenvalue weighted by Crippen LogP contribution is 2.39. The Bertz CT molecular complexity index is 629. The number of aromatic nitrogens is 2. The van der Waals surface area contributed by atoms with E-state index in [2.05, 4.69) is 54.0 Å². The number of hydrogen-bond donors (Lipinski definition) is 1. The largest absolute Gasteiger partial charge is 0.330 e. The van der Waals surface area contributed by atoms with Crippen LogP contribution in [0.3, 0.4) is 0 Å². The standard InChI is InChI=1S/C18H25N3/c1-3-21-16(11-14(2)20-21)12-18(13-19)10-6-8-15-7-4-5-9-17(15)18/h4-5,7,9,11H,3,6,8,10,12-13,19H2,1-2H3. The van der Waals surface area contributed by atoms with Crippen molar-refractivity contribution in [2.75, 3.05) is 6.54 Å². The van der Waals surface area contributed by atoms with E-state index in [1.165, 1.54) is 36.1 Å². The van der Waals surface area contributed by atoms with E-state index in [9.17, 15) is 0 Å². The molecule has 0 aliphatic heterocycles. The fraction of sp³-hybridized carbons (Fsp3) is 0.500. The molecule has 0 bridgehead atoms. The van der Waals surface area contributed by atoms with Crippen LogP contribution < -0.4 is 5.73 Å². The van der Waals surface area contributed by atoms with E-state index in [4.69, 9.17) is 5.73 Å². The van der Waals surface area contributed by atoms with Crippen LogP contribution in [0.2, 0.25) is 0 Å². The average Bonchev–Trinajstić information content (AvgIpc) is 2.87. The number of aryl methyl sites for hydroxylation is 3. The first-order chi connectivity index (χ1) is 10.2. The summed E-state index contributed by atoms with van der Waals surface area (Å²) in [5.74, 6) is 0. The van der Waals surface area contributed by atoms with Gasteiger partial charge in [-0.05, 0) is 50.3 Å². The fourth-order valence-corrected chi connectivity index (χ4v) is 3.84. The first-order valence-electron chi connectivity index (χ1n) is 8.00. The van der Waals surface area contributed by atoms with Gasteiger partial charge in [0.15, 0.2) is 0 Å². The van der Waals surface area contributed by atoms with Gasteiger partial charge in [0.1, 0.15) is 0 Å². The summed E-state index contributed by atoms with van der Waals surface area (Å²) < 4.78 is 2.13. The average molecular weight is 283 g/mol. The Labute approximate surface area is 127 Å². The zero-order valence-corrected chi connectivity index (χ0v) is 13.1. The molecule has 0 fully saturated rings. The van der Waals surface area contributed by atoms with Crippen LogP contribution >= 0.6 is 0 Å². The third-order valence-electron chi connectivity index (χ3n) is 4.89. The van der Waals surface area contributed by atoms with Crippen molar-refractivity contribution in [1.29, 1.82) is 0 Å². The number of benzene rings is 1. The number of nitrogens with zero attached hydrogens (tertiary/aromatic N) is 2. The zero-order valence-electron chi connectivity index (χ0n) is 13.1. The maximum absolute atomic E-state index is 6.27. The molecule has 1 aliphatic carbocycles. The Hall–Kier alpha value is -1.61. The van der Waals surface area contributed by atoms with E-state index < -0.39 is 0 Å². The van der Waals surface area contributed by atoms with Gasteiger partial charge in [0.2, 0.25) is 0 Å². The van der Waals surface area contributed by atoms with Gasteiger partial charge in [-0.1, -0.05) is 24.3 Å². The predicted molar refractivity (Wildman–Crippen MR) is 86.5 cm³/mol. The van der Waals surface area contributed by atoms with Gasteiger partial charge in [-0.3, -0.25) is 4.68 Å². The summed E-state index contributed by atoms with van der Waals surface area (Å²) in [6.45, 7) is 5.85. The molecule has 1 heterocycles. The maximum Gasteiger partial charge on any atom is 0.0596 e. The van der Waals surface area contributed by atoms with Crippen LogP contribution in [0.5, 0.6) is 0 Å². The van der Waals surface area contributed by atoms with E-state index in [-0.39, 0.29) is 5.41 Å². The number of rotatable bonds is 4. The lowest BCUT2D eigenvalue weighted by molar-refractivity contribution is 0.355. The Morgan fingerprint density at radius 3 is 2.90 bits per heavy atom. The third kappa shape index (κ3) is 2.51. The highest BCUT2D eigenvalue weighted by molar-refractivity contribution is 5.38. The second-order valence-corrected chi connectivity index (χ2v) is 6.26. The van der Waals surface area contributed by atoms with Crippen molar-refractivity contribution >= 4 is 0 Å². The molecule has 2 N–H and O–H groups in total. The molecule has 0 saturated carbocycles. The molecule has 21 heavy (non-hydrogen) atoms. The van der Waals surface area contributed by atoms with Gasteiger partial charge in [0, 0.05) is 30.6 Å². The number of nitrogens with two attached hydrogens (primary N) is 1. The van der Waals surface area contributed by atoms with Crippen LogP contribution in [0, 0.1) is 6.92 Å². The molecular formula is C18H25N3. The Kier molecular flexibility index (Phi) is 3.85. The van der Waals surface area contributed by atoms with Crippen molar-refractivity contribution in [1.82, 2.24) is 9.78 Å². The lowest BCUT2D eigenvalue weighted by Crippen LogP contribution is -2.41. The van der Waals surface area contributed by atoms with Gasteiger partial charge >= 0.3 is 0 Å². The van der Waals surface area contributed by atoms with Crippen LogP contribution in [-0.4, -0.2) is 16.3 Å². The normalized spacial score (nSPS) is 21.3. The summed E-state index contributed by atoms with van der Waals surface area (Å²) in [7, 11) is 0. The molecule has 1 unspecified atom stereocenters. The molecular weight excluding hydrogens is 258 g/mol. The zero-order chi connectivity index (χ0) is 14.9. The van der Waals surface area contributed by atoms with Crippen molar-refractivity contribution in [3.8, 4) is 0 Å². The van der Waals surface area contributed by atoms with E-state index in [0.29, 0.717) is 6.54 Å². The van der Waals surface area contributed by atoms with Crippen molar-refractivity contribution in [3.63, 3.8) is 0 Å². The molecule has 1 aromatic carbocycles. The van der Waals surface area contributed by atoms with Crippen LogP contribution in [0.15, 0.2) is 30.3 Å². The van der Waals surface area contributed by atoms with Crippen LogP contribution in [0.4, 0.5) is 0 Å². The smallest absolute Gasteiger partial charge is 0.0596 e. The van der Waals surface area contributed by atoms with Crippen molar-refractivity contribution in [2.24, 2.45) is 5.73 Å². The molecule has 2 aromatic rings. The Balaban J connectivity index is 2.02. The second-order valence-electron chi connectivity index (χ2n) is 6.26. The van der Waals surface area contributed by atoms with Crippen LogP contribution in [-0.2, 0) is 24.8 Å². The topological polar surface area (TPSA) is 43.8 Å². The van der Waals surface area contributed by atoms with Gasteiger partial charge < -0.3 is 5.73 Å². The summed E-state index contributed by atoms with van der Waals surface area (Å²) in [4.78, 5) is 0. The summed E-state index contributed by atoms with van der Waals surface area (Å²) in [5, 5.41) is 4.59. The van der Waals surface area contributed by atoms with Crippen LogP contribution in [0.1, 0.15) is 42.3 Å². The predicted octanol–water partition coefficient (Wildman–Crippen LogP) is 2.99.